The van der Waals surface area contributed by atoms with Crippen molar-refractivity contribution in [3.63, 3.8) is 0 Å². The zero-order valence-electron chi connectivity index (χ0n) is 20.1. The van der Waals surface area contributed by atoms with Crippen LogP contribution in [0.3, 0.4) is 0 Å². The van der Waals surface area contributed by atoms with E-state index < -0.39 is 11.9 Å². The molecular formula is C24H26N4O6S. The Morgan fingerprint density at radius 3 is 2.26 bits per heavy atom. The molecule has 0 aliphatic heterocycles. The van der Waals surface area contributed by atoms with E-state index in [0.29, 0.717) is 11.0 Å². The zero-order valence-corrected chi connectivity index (χ0v) is 20.9. The van der Waals surface area contributed by atoms with Crippen LogP contribution in [0.5, 0.6) is 5.75 Å². The average molecular weight is 499 g/mol. The molecule has 1 N–H and O–H groups in total. The summed E-state index contributed by atoms with van der Waals surface area (Å²) >= 11 is 1.19. The van der Waals surface area contributed by atoms with Crippen molar-refractivity contribution in [2.75, 3.05) is 25.3 Å². The van der Waals surface area contributed by atoms with E-state index in [9.17, 15) is 14.4 Å². The molecule has 184 valence electrons. The van der Waals surface area contributed by atoms with E-state index in [0.717, 1.165) is 16.9 Å². The van der Waals surface area contributed by atoms with Gasteiger partial charge in [-0.3, -0.25) is 4.79 Å². The van der Waals surface area contributed by atoms with Gasteiger partial charge in [0.25, 0.3) is 0 Å². The second-order valence-corrected chi connectivity index (χ2v) is 8.58. The lowest BCUT2D eigenvalue weighted by molar-refractivity contribution is -0.113. The van der Waals surface area contributed by atoms with E-state index >= 15 is 0 Å². The molecule has 0 spiro atoms. The van der Waals surface area contributed by atoms with Crippen molar-refractivity contribution >= 4 is 35.3 Å². The van der Waals surface area contributed by atoms with Crippen LogP contribution in [0.25, 0.3) is 0 Å². The number of rotatable bonds is 9. The molecule has 35 heavy (non-hydrogen) atoms. The number of hydrogen-bond donors (Lipinski definition) is 1. The molecular weight excluding hydrogens is 472 g/mol. The summed E-state index contributed by atoms with van der Waals surface area (Å²) in [4.78, 5) is 36.4. The Balaban J connectivity index is 1.63. The van der Waals surface area contributed by atoms with Gasteiger partial charge >= 0.3 is 11.9 Å². The molecule has 0 aliphatic carbocycles. The smallest absolute Gasteiger partial charge is 0.337 e. The van der Waals surface area contributed by atoms with E-state index in [1.54, 1.807) is 11.6 Å². The van der Waals surface area contributed by atoms with Crippen molar-refractivity contribution in [2.24, 2.45) is 7.05 Å². The fraction of sp³-hybridized carbons (Fsp3) is 0.292. The SMILES string of the molecule is COC(=O)c1cc(NC(=O)CSc2nnc(COc3cc(C)ccc3C)n2C)cc(C(=O)OC)c1. The van der Waals surface area contributed by atoms with Crippen LogP contribution in [0, 0.1) is 13.8 Å². The Labute approximate surface area is 207 Å². The topological polar surface area (TPSA) is 122 Å². The van der Waals surface area contributed by atoms with Gasteiger partial charge in [0.15, 0.2) is 11.0 Å². The van der Waals surface area contributed by atoms with Gasteiger partial charge in [0.1, 0.15) is 12.4 Å². The van der Waals surface area contributed by atoms with Gasteiger partial charge in [0.2, 0.25) is 5.91 Å². The Morgan fingerprint density at radius 1 is 0.971 bits per heavy atom. The molecule has 10 nitrogen and oxygen atoms in total. The first-order valence-electron chi connectivity index (χ1n) is 10.5. The molecule has 0 aliphatic rings. The number of methoxy groups -OCH3 is 2. The fourth-order valence-electron chi connectivity index (χ4n) is 3.10. The van der Waals surface area contributed by atoms with E-state index in [-0.39, 0.29) is 35.1 Å². The largest absolute Gasteiger partial charge is 0.485 e. The summed E-state index contributed by atoms with van der Waals surface area (Å²) < 4.78 is 17.1. The highest BCUT2D eigenvalue weighted by atomic mass is 32.2. The van der Waals surface area contributed by atoms with Crippen LogP contribution in [-0.2, 0) is 27.9 Å². The van der Waals surface area contributed by atoms with Crippen molar-refractivity contribution in [3.8, 4) is 5.75 Å². The quantitative estimate of drug-likeness (QED) is 0.350. The van der Waals surface area contributed by atoms with Crippen molar-refractivity contribution in [2.45, 2.75) is 25.6 Å². The maximum atomic E-state index is 12.5. The molecule has 2 aromatic carbocycles. The third kappa shape index (κ3) is 6.60. The summed E-state index contributed by atoms with van der Waals surface area (Å²) in [6.45, 7) is 4.20. The fourth-order valence-corrected chi connectivity index (χ4v) is 3.83. The molecule has 0 saturated heterocycles. The lowest BCUT2D eigenvalue weighted by Crippen LogP contribution is -2.16. The van der Waals surface area contributed by atoms with Crippen LogP contribution in [-0.4, -0.2) is 52.6 Å². The van der Waals surface area contributed by atoms with E-state index in [4.69, 9.17) is 14.2 Å². The number of ether oxygens (including phenoxy) is 3. The monoisotopic (exact) mass is 498 g/mol. The minimum absolute atomic E-state index is 0.0276. The van der Waals surface area contributed by atoms with Crippen LogP contribution >= 0.6 is 11.8 Å². The third-order valence-corrected chi connectivity index (χ3v) is 6.04. The second-order valence-electron chi connectivity index (χ2n) is 7.63. The number of aryl methyl sites for hydroxylation is 2. The maximum absolute atomic E-state index is 12.5. The highest BCUT2D eigenvalue weighted by Gasteiger charge is 2.16. The lowest BCUT2D eigenvalue weighted by atomic mass is 10.1. The van der Waals surface area contributed by atoms with Gasteiger partial charge < -0.3 is 24.1 Å². The molecule has 0 bridgehead atoms. The summed E-state index contributed by atoms with van der Waals surface area (Å²) in [6.07, 6.45) is 0. The standard InChI is InChI=1S/C24H26N4O6S/c1-14-6-7-15(2)19(8-14)34-12-20-26-27-24(28(20)3)35-13-21(29)25-18-10-16(22(30)32-4)9-17(11-18)23(31)33-5/h6-11H,12-13H2,1-5H3,(H,25,29). The van der Waals surface area contributed by atoms with Gasteiger partial charge in [0.05, 0.1) is 31.1 Å². The van der Waals surface area contributed by atoms with Gasteiger partial charge in [-0.15, -0.1) is 10.2 Å². The molecule has 0 atom stereocenters. The molecule has 0 unspecified atom stereocenters. The number of nitrogens with one attached hydrogen (secondary N) is 1. The summed E-state index contributed by atoms with van der Waals surface area (Å²) in [5.74, 6) is -0.223. The second kappa shape index (κ2) is 11.5. The van der Waals surface area contributed by atoms with Gasteiger partial charge in [-0.25, -0.2) is 9.59 Å². The van der Waals surface area contributed by atoms with Gasteiger partial charge in [0, 0.05) is 12.7 Å². The number of amides is 1. The highest BCUT2D eigenvalue weighted by Crippen LogP contribution is 2.22. The molecule has 0 fully saturated rings. The summed E-state index contributed by atoms with van der Waals surface area (Å²) in [5.41, 5.74) is 2.61. The number of nitrogens with zero attached hydrogens (tertiary/aromatic N) is 3. The lowest BCUT2D eigenvalue weighted by Gasteiger charge is -2.10. The number of benzene rings is 2. The van der Waals surface area contributed by atoms with E-state index in [1.807, 2.05) is 32.0 Å². The zero-order chi connectivity index (χ0) is 25.5. The first-order valence-corrected chi connectivity index (χ1v) is 11.5. The minimum Gasteiger partial charge on any atom is -0.485 e. The predicted octanol–water partition coefficient (Wildman–Crippen LogP) is 3.31. The number of aromatic nitrogens is 3. The van der Waals surface area contributed by atoms with Crippen LogP contribution in [0.2, 0.25) is 0 Å². The number of carbonyl (C=O) groups excluding carboxylic acids is 3. The van der Waals surface area contributed by atoms with E-state index in [1.165, 1.54) is 44.2 Å². The Morgan fingerprint density at radius 2 is 1.63 bits per heavy atom. The number of esters is 2. The first kappa shape index (κ1) is 25.8. The summed E-state index contributed by atoms with van der Waals surface area (Å²) in [6, 6.07) is 10.2. The minimum atomic E-state index is -0.643. The molecule has 1 aromatic heterocycles. The Bertz CT molecular complexity index is 1220. The van der Waals surface area contributed by atoms with Crippen molar-refractivity contribution in [3.05, 3.63) is 64.5 Å². The van der Waals surface area contributed by atoms with Gasteiger partial charge in [-0.05, 0) is 49.2 Å². The molecule has 1 amide bonds. The molecule has 3 aromatic rings. The van der Waals surface area contributed by atoms with Gasteiger partial charge in [-0.2, -0.15) is 0 Å². The Hall–Kier alpha value is -3.86. The van der Waals surface area contributed by atoms with E-state index in [2.05, 4.69) is 15.5 Å². The number of anilines is 1. The number of hydrogen-bond acceptors (Lipinski definition) is 9. The highest BCUT2D eigenvalue weighted by molar-refractivity contribution is 7.99. The van der Waals surface area contributed by atoms with Crippen LogP contribution in [0.4, 0.5) is 5.69 Å². The summed E-state index contributed by atoms with van der Waals surface area (Å²) in [7, 11) is 4.25. The van der Waals surface area contributed by atoms with Crippen molar-refractivity contribution in [1.29, 1.82) is 0 Å². The third-order valence-electron chi connectivity index (χ3n) is 5.02. The van der Waals surface area contributed by atoms with Crippen LogP contribution in [0.1, 0.15) is 37.7 Å². The van der Waals surface area contributed by atoms with Crippen molar-refractivity contribution < 1.29 is 28.6 Å². The van der Waals surface area contributed by atoms with Crippen LogP contribution in [0.15, 0.2) is 41.6 Å². The van der Waals surface area contributed by atoms with Gasteiger partial charge in [-0.1, -0.05) is 23.9 Å². The number of carbonyl (C=O) groups is 3. The predicted molar refractivity (Wildman–Crippen MR) is 130 cm³/mol. The maximum Gasteiger partial charge on any atom is 0.337 e. The molecule has 3 rings (SSSR count). The molecule has 0 saturated carbocycles. The van der Waals surface area contributed by atoms with Crippen molar-refractivity contribution in [1.82, 2.24) is 14.8 Å². The summed E-state index contributed by atoms with van der Waals surface area (Å²) in [5, 5.41) is 11.5. The first-order chi connectivity index (χ1) is 16.7. The average Bonchev–Trinajstić information content (AvgIpc) is 3.21. The normalized spacial score (nSPS) is 10.5. The molecule has 0 radical (unpaired) electrons. The molecule has 11 heteroatoms. The molecule has 1 heterocycles. The number of thioether (sulfide) groups is 1. The Kier molecular flexibility index (Phi) is 8.48. The van der Waals surface area contributed by atoms with Crippen LogP contribution < -0.4 is 10.1 Å².